The lowest BCUT2D eigenvalue weighted by Gasteiger charge is -2.22. The molecule has 1 atom stereocenters. The SMILES string of the molecule is CN=C(NCCS(=O)(=O)C(C)(C)C)NC1CCN(c2ccccc2Br)C1.I. The molecule has 0 aromatic heterocycles. The van der Waals surface area contributed by atoms with Gasteiger partial charge in [0.1, 0.15) is 0 Å². The van der Waals surface area contributed by atoms with Crippen LogP contribution >= 0.6 is 39.9 Å². The lowest BCUT2D eigenvalue weighted by atomic mass is 10.3. The number of rotatable bonds is 5. The third-order valence-electron chi connectivity index (χ3n) is 4.54. The summed E-state index contributed by atoms with van der Waals surface area (Å²) < 4.78 is 24.7. The van der Waals surface area contributed by atoms with Gasteiger partial charge in [0.2, 0.25) is 0 Å². The summed E-state index contributed by atoms with van der Waals surface area (Å²) in [6.45, 7) is 7.37. The predicted molar refractivity (Wildman–Crippen MR) is 128 cm³/mol. The Hall–Kier alpha value is -0.550. The van der Waals surface area contributed by atoms with Crippen LogP contribution in [0.2, 0.25) is 0 Å². The van der Waals surface area contributed by atoms with Crippen molar-refractivity contribution in [3.05, 3.63) is 28.7 Å². The van der Waals surface area contributed by atoms with Gasteiger partial charge in [0, 0.05) is 37.2 Å². The lowest BCUT2D eigenvalue weighted by molar-refractivity contribution is 0.558. The molecule has 2 rings (SSSR count). The van der Waals surface area contributed by atoms with E-state index in [0.29, 0.717) is 12.5 Å². The minimum atomic E-state index is -3.14. The van der Waals surface area contributed by atoms with Crippen molar-refractivity contribution >= 4 is 61.4 Å². The zero-order chi connectivity index (χ0) is 19.4. The van der Waals surface area contributed by atoms with E-state index in [-0.39, 0.29) is 35.8 Å². The number of anilines is 1. The van der Waals surface area contributed by atoms with Crippen LogP contribution in [0.4, 0.5) is 5.69 Å². The van der Waals surface area contributed by atoms with Crippen molar-refractivity contribution in [2.75, 3.05) is 37.3 Å². The highest BCUT2D eigenvalue weighted by atomic mass is 127. The van der Waals surface area contributed by atoms with Gasteiger partial charge in [-0.15, -0.1) is 24.0 Å². The van der Waals surface area contributed by atoms with Crippen molar-refractivity contribution in [2.24, 2.45) is 4.99 Å². The zero-order valence-corrected chi connectivity index (χ0v) is 21.1. The summed E-state index contributed by atoms with van der Waals surface area (Å²) in [5.74, 6) is 0.735. The first-order valence-corrected chi connectivity index (χ1v) is 11.3. The average molecular weight is 573 g/mol. The number of aliphatic imine (C=N–C) groups is 1. The average Bonchev–Trinajstić information content (AvgIpc) is 3.01. The molecule has 27 heavy (non-hydrogen) atoms. The van der Waals surface area contributed by atoms with Gasteiger partial charge in [0.05, 0.1) is 16.2 Å². The number of halogens is 2. The summed E-state index contributed by atoms with van der Waals surface area (Å²) in [4.78, 5) is 6.55. The molecule has 0 radical (unpaired) electrons. The van der Waals surface area contributed by atoms with Gasteiger partial charge in [-0.05, 0) is 55.3 Å². The largest absolute Gasteiger partial charge is 0.368 e. The molecule has 1 aromatic carbocycles. The molecule has 1 unspecified atom stereocenters. The van der Waals surface area contributed by atoms with E-state index >= 15 is 0 Å². The second kappa shape index (κ2) is 10.3. The third kappa shape index (κ3) is 6.77. The van der Waals surface area contributed by atoms with E-state index in [9.17, 15) is 8.42 Å². The lowest BCUT2D eigenvalue weighted by Crippen LogP contribution is -2.46. The zero-order valence-electron chi connectivity index (χ0n) is 16.3. The highest BCUT2D eigenvalue weighted by molar-refractivity contribution is 14.0. The van der Waals surface area contributed by atoms with Crippen molar-refractivity contribution < 1.29 is 8.42 Å². The van der Waals surface area contributed by atoms with Crippen molar-refractivity contribution in [1.82, 2.24) is 10.6 Å². The Morgan fingerprint density at radius 1 is 1.33 bits per heavy atom. The number of guanidine groups is 1. The second-order valence-corrected chi connectivity index (χ2v) is 11.2. The van der Waals surface area contributed by atoms with Crippen molar-refractivity contribution in [3.8, 4) is 0 Å². The van der Waals surface area contributed by atoms with Gasteiger partial charge in [-0.2, -0.15) is 0 Å². The Morgan fingerprint density at radius 2 is 2.00 bits per heavy atom. The number of nitrogens with zero attached hydrogens (tertiary/aromatic N) is 2. The smallest absolute Gasteiger partial charge is 0.191 e. The molecule has 6 nitrogen and oxygen atoms in total. The number of hydrogen-bond acceptors (Lipinski definition) is 4. The van der Waals surface area contributed by atoms with E-state index < -0.39 is 14.6 Å². The molecule has 0 amide bonds. The van der Waals surface area contributed by atoms with E-state index in [4.69, 9.17) is 0 Å². The van der Waals surface area contributed by atoms with Gasteiger partial charge in [-0.1, -0.05) is 12.1 Å². The van der Waals surface area contributed by atoms with Crippen LogP contribution < -0.4 is 15.5 Å². The highest BCUT2D eigenvalue weighted by Crippen LogP contribution is 2.28. The number of nitrogens with one attached hydrogen (secondary N) is 2. The molecule has 2 N–H and O–H groups in total. The molecule has 0 spiro atoms. The summed E-state index contributed by atoms with van der Waals surface area (Å²) in [6.07, 6.45) is 1.00. The van der Waals surface area contributed by atoms with Crippen LogP contribution in [0.25, 0.3) is 0 Å². The second-order valence-electron chi connectivity index (χ2n) is 7.46. The summed E-state index contributed by atoms with van der Waals surface area (Å²) in [6, 6.07) is 8.48. The minimum absolute atomic E-state index is 0. The summed E-state index contributed by atoms with van der Waals surface area (Å²) in [5, 5.41) is 6.52. The van der Waals surface area contributed by atoms with Crippen LogP contribution in [0.15, 0.2) is 33.7 Å². The molecule has 1 fully saturated rings. The molecule has 1 aliphatic heterocycles. The first-order valence-electron chi connectivity index (χ1n) is 8.83. The van der Waals surface area contributed by atoms with Crippen molar-refractivity contribution in [3.63, 3.8) is 0 Å². The molecule has 154 valence electrons. The molecule has 9 heteroatoms. The maximum absolute atomic E-state index is 12.2. The summed E-state index contributed by atoms with van der Waals surface area (Å²) in [5.41, 5.74) is 1.19. The molecule has 1 saturated heterocycles. The summed E-state index contributed by atoms with van der Waals surface area (Å²) >= 11 is 3.60. The number of para-hydroxylation sites is 1. The molecule has 0 saturated carbocycles. The molecule has 0 bridgehead atoms. The predicted octanol–water partition coefficient (Wildman–Crippen LogP) is 3.02. The fourth-order valence-corrected chi connectivity index (χ4v) is 4.32. The van der Waals surface area contributed by atoms with Gasteiger partial charge < -0.3 is 15.5 Å². The van der Waals surface area contributed by atoms with Crippen LogP contribution in [-0.4, -0.2) is 57.6 Å². The molecular formula is C18H30BrIN4O2S. The molecule has 1 aliphatic rings. The van der Waals surface area contributed by atoms with Crippen LogP contribution in [0.1, 0.15) is 27.2 Å². The van der Waals surface area contributed by atoms with E-state index in [1.54, 1.807) is 27.8 Å². The number of hydrogen-bond donors (Lipinski definition) is 2. The standard InChI is InChI=1S/C18H29BrN4O2S.HI/c1-18(2,3)26(24,25)12-10-21-17(20-4)22-14-9-11-23(13-14)16-8-6-5-7-15(16)19;/h5-8,14H,9-13H2,1-4H3,(H2,20,21,22);1H. The molecule has 1 aromatic rings. The monoisotopic (exact) mass is 572 g/mol. The Bertz CT molecular complexity index is 750. The number of sulfone groups is 1. The van der Waals surface area contributed by atoms with Gasteiger partial charge >= 0.3 is 0 Å². The van der Waals surface area contributed by atoms with E-state index in [2.05, 4.69) is 42.5 Å². The Labute approximate surface area is 188 Å². The first-order chi connectivity index (χ1) is 12.1. The Kier molecular flexibility index (Phi) is 9.33. The van der Waals surface area contributed by atoms with E-state index in [0.717, 1.165) is 24.0 Å². The molecule has 0 aliphatic carbocycles. The number of benzene rings is 1. The minimum Gasteiger partial charge on any atom is -0.368 e. The molecule has 1 heterocycles. The highest BCUT2D eigenvalue weighted by Gasteiger charge is 2.28. The third-order valence-corrected chi connectivity index (χ3v) is 7.82. The van der Waals surface area contributed by atoms with Crippen LogP contribution in [0.3, 0.4) is 0 Å². The normalized spacial score (nSPS) is 18.2. The summed E-state index contributed by atoms with van der Waals surface area (Å²) in [7, 11) is -1.43. The van der Waals surface area contributed by atoms with Gasteiger partial charge in [-0.25, -0.2) is 8.42 Å². The Morgan fingerprint density at radius 3 is 2.59 bits per heavy atom. The first kappa shape index (κ1) is 24.5. The van der Waals surface area contributed by atoms with Crippen molar-refractivity contribution in [1.29, 1.82) is 0 Å². The van der Waals surface area contributed by atoms with Gasteiger partial charge in [0.25, 0.3) is 0 Å². The van der Waals surface area contributed by atoms with Crippen LogP contribution in [-0.2, 0) is 9.84 Å². The Balaban J connectivity index is 0.00000364. The van der Waals surface area contributed by atoms with E-state index in [1.165, 1.54) is 5.69 Å². The maximum atomic E-state index is 12.2. The van der Waals surface area contributed by atoms with E-state index in [1.807, 2.05) is 18.2 Å². The van der Waals surface area contributed by atoms with Crippen molar-refractivity contribution in [2.45, 2.75) is 38.0 Å². The molecular weight excluding hydrogens is 543 g/mol. The topological polar surface area (TPSA) is 73.8 Å². The quantitative estimate of drug-likeness (QED) is 0.322. The fraction of sp³-hybridized carbons (Fsp3) is 0.611. The van der Waals surface area contributed by atoms with Crippen LogP contribution in [0.5, 0.6) is 0 Å². The van der Waals surface area contributed by atoms with Gasteiger partial charge in [-0.3, -0.25) is 4.99 Å². The fourth-order valence-electron chi connectivity index (χ4n) is 2.80. The van der Waals surface area contributed by atoms with Gasteiger partial charge in [0.15, 0.2) is 15.8 Å². The maximum Gasteiger partial charge on any atom is 0.191 e. The van der Waals surface area contributed by atoms with Crippen LogP contribution in [0, 0.1) is 0 Å².